The van der Waals surface area contributed by atoms with Crippen LogP contribution in [0.3, 0.4) is 0 Å². The van der Waals surface area contributed by atoms with Crippen molar-refractivity contribution in [3.8, 4) is 0 Å². The van der Waals surface area contributed by atoms with E-state index in [0.717, 1.165) is 6.08 Å². The molecule has 2 aliphatic carbocycles. The van der Waals surface area contributed by atoms with Crippen LogP contribution < -0.4 is 0 Å². The zero-order valence-electron chi connectivity index (χ0n) is 8.30. The van der Waals surface area contributed by atoms with Gasteiger partial charge in [0.2, 0.25) is 0 Å². The molecule has 0 saturated heterocycles. The Morgan fingerprint density at radius 2 is 1.41 bits per heavy atom. The molecule has 17 heavy (non-hydrogen) atoms. The summed E-state index contributed by atoms with van der Waals surface area (Å²) in [6.07, 6.45) is 3.47. The summed E-state index contributed by atoms with van der Waals surface area (Å²) in [6.45, 7) is 0. The Morgan fingerprint density at radius 3 is 1.88 bits per heavy atom. The minimum atomic E-state index is -1.35. The van der Waals surface area contributed by atoms with Crippen LogP contribution in [-0.2, 0) is 14.4 Å². The molecule has 0 saturated carbocycles. The van der Waals surface area contributed by atoms with Crippen LogP contribution in [0.25, 0.3) is 0 Å². The van der Waals surface area contributed by atoms with Crippen LogP contribution in [0.4, 0.5) is 0 Å². The fourth-order valence-corrected chi connectivity index (χ4v) is 1.81. The van der Waals surface area contributed by atoms with Gasteiger partial charge >= 0.3 is 17.9 Å². The van der Waals surface area contributed by atoms with Crippen LogP contribution in [-0.4, -0.2) is 33.2 Å². The molecule has 0 aromatic rings. The fraction of sp³-hybridized carbons (Fsp3) is 0. The molecule has 3 N–H and O–H groups in total. The van der Waals surface area contributed by atoms with E-state index in [2.05, 4.69) is 0 Å². The van der Waals surface area contributed by atoms with Gasteiger partial charge in [0.15, 0.2) is 0 Å². The van der Waals surface area contributed by atoms with Crippen molar-refractivity contribution in [2.75, 3.05) is 0 Å². The molecule has 0 heterocycles. The molecule has 0 unspecified atom stereocenters. The molecule has 0 radical (unpaired) electrons. The summed E-state index contributed by atoms with van der Waals surface area (Å²) in [4.78, 5) is 32.7. The van der Waals surface area contributed by atoms with Crippen molar-refractivity contribution < 1.29 is 29.7 Å². The highest BCUT2D eigenvalue weighted by Gasteiger charge is 2.35. The summed E-state index contributed by atoms with van der Waals surface area (Å²) in [5.74, 6) is -3.92. The summed E-state index contributed by atoms with van der Waals surface area (Å²) < 4.78 is 0. The number of allylic oxidation sites excluding steroid dienone is 2. The first-order valence-electron chi connectivity index (χ1n) is 4.52. The summed E-state index contributed by atoms with van der Waals surface area (Å²) in [5, 5.41) is 26.7. The Kier molecular flexibility index (Phi) is 2.20. The predicted octanol–water partition coefficient (Wildman–Crippen LogP) is 0.343. The summed E-state index contributed by atoms with van der Waals surface area (Å²) in [7, 11) is 0. The molecule has 6 heteroatoms. The molecule has 0 atom stereocenters. The maximum Gasteiger partial charge on any atom is 0.336 e. The Balaban J connectivity index is 2.59. The lowest BCUT2D eigenvalue weighted by atomic mass is 10.0. The van der Waals surface area contributed by atoms with E-state index in [1.165, 1.54) is 12.2 Å². The van der Waals surface area contributed by atoms with Crippen LogP contribution in [0.5, 0.6) is 0 Å². The highest BCUT2D eigenvalue weighted by Crippen LogP contribution is 2.40. The van der Waals surface area contributed by atoms with Gasteiger partial charge in [-0.2, -0.15) is 0 Å². The first kappa shape index (κ1) is 10.9. The first-order chi connectivity index (χ1) is 7.93. The number of carboxylic acid groups (broad SMARTS) is 3. The Labute approximate surface area is 94.5 Å². The predicted molar refractivity (Wildman–Crippen MR) is 54.2 cm³/mol. The van der Waals surface area contributed by atoms with Crippen LogP contribution in [0, 0.1) is 0 Å². The molecule has 0 spiro atoms. The monoisotopic (exact) mass is 234 g/mol. The zero-order valence-corrected chi connectivity index (χ0v) is 8.30. The van der Waals surface area contributed by atoms with Gasteiger partial charge in [-0.15, -0.1) is 0 Å². The minimum absolute atomic E-state index is 0.0394. The SMILES string of the molecule is O=C(O)C1=CC(C(=O)O)=C2C(C(=O)O)=CC=C12. The molecule has 0 aliphatic heterocycles. The lowest BCUT2D eigenvalue weighted by molar-refractivity contribution is -0.133. The Bertz CT molecular complexity index is 573. The molecule has 6 nitrogen and oxygen atoms in total. The summed E-state index contributed by atoms with van der Waals surface area (Å²) in [5.41, 5.74) is -0.621. The number of rotatable bonds is 3. The van der Waals surface area contributed by atoms with Crippen molar-refractivity contribution in [1.82, 2.24) is 0 Å². The number of hydrogen-bond acceptors (Lipinski definition) is 3. The van der Waals surface area contributed by atoms with Crippen LogP contribution >= 0.6 is 0 Å². The number of carboxylic acids is 3. The van der Waals surface area contributed by atoms with Gasteiger partial charge in [-0.3, -0.25) is 0 Å². The largest absolute Gasteiger partial charge is 0.478 e. The molecule has 0 aromatic heterocycles. The van der Waals surface area contributed by atoms with Crippen LogP contribution in [0.1, 0.15) is 0 Å². The van der Waals surface area contributed by atoms with Crippen molar-refractivity contribution in [2.45, 2.75) is 0 Å². The quantitative estimate of drug-likeness (QED) is 0.649. The number of hydrogen-bond donors (Lipinski definition) is 3. The molecular formula is C11H6O6. The van der Waals surface area contributed by atoms with Gasteiger partial charge in [0.1, 0.15) is 0 Å². The van der Waals surface area contributed by atoms with Gasteiger partial charge in [-0.1, -0.05) is 6.08 Å². The average molecular weight is 234 g/mol. The molecule has 2 aliphatic rings. The van der Waals surface area contributed by atoms with Crippen LogP contribution in [0.2, 0.25) is 0 Å². The fourth-order valence-electron chi connectivity index (χ4n) is 1.81. The second kappa shape index (κ2) is 3.44. The van der Waals surface area contributed by atoms with E-state index in [4.69, 9.17) is 15.3 Å². The second-order valence-corrected chi connectivity index (χ2v) is 3.42. The lowest BCUT2D eigenvalue weighted by Crippen LogP contribution is -2.07. The highest BCUT2D eigenvalue weighted by atomic mass is 16.4. The molecule has 0 bridgehead atoms. The molecular weight excluding hydrogens is 228 g/mol. The third-order valence-electron chi connectivity index (χ3n) is 2.49. The maximum atomic E-state index is 10.9. The first-order valence-corrected chi connectivity index (χ1v) is 4.52. The topological polar surface area (TPSA) is 112 Å². The third kappa shape index (κ3) is 1.46. The zero-order chi connectivity index (χ0) is 12.7. The van der Waals surface area contributed by atoms with Crippen molar-refractivity contribution >= 4 is 17.9 Å². The van der Waals surface area contributed by atoms with Crippen LogP contribution in [0.15, 0.2) is 46.1 Å². The van der Waals surface area contributed by atoms with E-state index in [9.17, 15) is 14.4 Å². The number of carbonyl (C=O) groups is 3. The van der Waals surface area contributed by atoms with E-state index < -0.39 is 17.9 Å². The number of aliphatic carboxylic acids is 3. The molecule has 86 valence electrons. The Morgan fingerprint density at radius 1 is 0.824 bits per heavy atom. The van der Waals surface area contributed by atoms with E-state index in [1.54, 1.807) is 0 Å². The van der Waals surface area contributed by atoms with Crippen molar-refractivity contribution in [1.29, 1.82) is 0 Å². The van der Waals surface area contributed by atoms with Gasteiger partial charge in [-0.25, -0.2) is 14.4 Å². The smallest absolute Gasteiger partial charge is 0.336 e. The molecule has 0 fully saturated rings. The van der Waals surface area contributed by atoms with Gasteiger partial charge in [0, 0.05) is 5.57 Å². The Hall–Kier alpha value is -2.63. The van der Waals surface area contributed by atoms with Crippen molar-refractivity contribution in [3.63, 3.8) is 0 Å². The summed E-state index contributed by atoms with van der Waals surface area (Å²) in [6, 6.07) is 0. The molecule has 0 aromatic carbocycles. The average Bonchev–Trinajstić information content (AvgIpc) is 2.73. The van der Waals surface area contributed by atoms with Gasteiger partial charge in [0.25, 0.3) is 0 Å². The van der Waals surface area contributed by atoms with Gasteiger partial charge in [0.05, 0.1) is 16.7 Å². The maximum absolute atomic E-state index is 10.9. The normalized spacial score (nSPS) is 17.3. The van der Waals surface area contributed by atoms with E-state index >= 15 is 0 Å². The molecule has 0 amide bonds. The molecule has 2 rings (SSSR count). The highest BCUT2D eigenvalue weighted by molar-refractivity contribution is 6.10. The number of fused-ring (bicyclic) bond motifs is 1. The van der Waals surface area contributed by atoms with Gasteiger partial charge in [-0.05, 0) is 17.7 Å². The lowest BCUT2D eigenvalue weighted by Gasteiger charge is -2.03. The second-order valence-electron chi connectivity index (χ2n) is 3.42. The summed E-state index contributed by atoms with van der Waals surface area (Å²) >= 11 is 0. The van der Waals surface area contributed by atoms with E-state index in [0.29, 0.717) is 0 Å². The van der Waals surface area contributed by atoms with E-state index in [-0.39, 0.29) is 27.9 Å². The minimum Gasteiger partial charge on any atom is -0.478 e. The van der Waals surface area contributed by atoms with Crippen molar-refractivity contribution in [2.24, 2.45) is 0 Å². The van der Waals surface area contributed by atoms with E-state index in [1.807, 2.05) is 0 Å². The third-order valence-corrected chi connectivity index (χ3v) is 2.49. The standard InChI is InChI=1S/C11H6O6/c12-9(13)5-2-1-4-6(10(14)15)3-7(8(4)5)11(16)17/h1-3H,(H,12,13)(H,14,15)(H,16,17). The van der Waals surface area contributed by atoms with Crippen molar-refractivity contribution in [3.05, 3.63) is 46.1 Å². The van der Waals surface area contributed by atoms with Gasteiger partial charge < -0.3 is 15.3 Å².